The highest BCUT2D eigenvalue weighted by molar-refractivity contribution is 6.00. The molecule has 0 radical (unpaired) electrons. The molecule has 160 valence electrons. The van der Waals surface area contributed by atoms with Crippen molar-refractivity contribution in [2.45, 2.75) is 25.3 Å². The number of benzene rings is 2. The van der Waals surface area contributed by atoms with E-state index in [1.54, 1.807) is 17.0 Å². The first-order valence-corrected chi connectivity index (χ1v) is 9.69. The third-order valence-corrected chi connectivity index (χ3v) is 5.10. The van der Waals surface area contributed by atoms with Gasteiger partial charge in [0.15, 0.2) is 11.5 Å². The van der Waals surface area contributed by atoms with Crippen molar-refractivity contribution in [3.05, 3.63) is 53.3 Å². The predicted octanol–water partition coefficient (Wildman–Crippen LogP) is 2.62. The number of amides is 2. The van der Waals surface area contributed by atoms with Gasteiger partial charge in [0, 0.05) is 12.1 Å². The Morgan fingerprint density at radius 1 is 1.23 bits per heavy atom. The zero-order chi connectivity index (χ0) is 21.7. The van der Waals surface area contributed by atoms with Crippen molar-refractivity contribution in [1.29, 1.82) is 0 Å². The molecule has 1 fully saturated rings. The van der Waals surface area contributed by atoms with Crippen LogP contribution in [0.4, 0.5) is 10.1 Å². The summed E-state index contributed by atoms with van der Waals surface area (Å²) in [6.45, 7) is 0.454. The van der Waals surface area contributed by atoms with E-state index >= 15 is 0 Å². The van der Waals surface area contributed by atoms with Crippen LogP contribution in [-0.4, -0.2) is 55.2 Å². The lowest BCUT2D eigenvalue weighted by Crippen LogP contribution is -2.37. The van der Waals surface area contributed by atoms with E-state index in [1.807, 2.05) is 0 Å². The first kappa shape index (κ1) is 21.6. The number of hydrogen-bond donors (Lipinski definition) is 2. The second-order valence-electron chi connectivity index (χ2n) is 7.09. The smallest absolute Gasteiger partial charge is 0.254 e. The van der Waals surface area contributed by atoms with Crippen molar-refractivity contribution in [1.82, 2.24) is 4.90 Å². The predicted molar refractivity (Wildman–Crippen MR) is 109 cm³/mol. The van der Waals surface area contributed by atoms with E-state index in [0.29, 0.717) is 23.4 Å². The van der Waals surface area contributed by atoms with Crippen molar-refractivity contribution in [3.63, 3.8) is 0 Å². The molecule has 1 aliphatic heterocycles. The number of anilines is 1. The lowest BCUT2D eigenvalue weighted by Gasteiger charge is -2.24. The quantitative estimate of drug-likeness (QED) is 0.725. The first-order valence-electron chi connectivity index (χ1n) is 9.69. The minimum Gasteiger partial charge on any atom is -0.493 e. The van der Waals surface area contributed by atoms with Gasteiger partial charge in [0.1, 0.15) is 5.82 Å². The molecule has 1 heterocycles. The molecule has 2 amide bonds. The Labute approximate surface area is 174 Å². The van der Waals surface area contributed by atoms with Crippen LogP contribution in [0.3, 0.4) is 0 Å². The molecule has 2 aromatic carbocycles. The van der Waals surface area contributed by atoms with E-state index < -0.39 is 5.82 Å². The fraction of sp³-hybridized carbons (Fsp3) is 0.364. The number of nitrogens with one attached hydrogen (secondary N) is 1. The average Bonchev–Trinajstić information content (AvgIpc) is 3.21. The Bertz CT molecular complexity index is 934. The fourth-order valence-electron chi connectivity index (χ4n) is 3.67. The number of nitrogens with zero attached hydrogens (tertiary/aromatic N) is 1. The molecule has 2 N–H and O–H groups in total. The standard InChI is InChI=1S/C22H25FN2O5/c1-29-19-12-15(22(28)25-8-4-7-17(25)13-26)11-18(21(19)30-2)24-20(27)10-14-5-3-6-16(23)9-14/h3,5-6,9,11-12,17,26H,4,7-8,10,13H2,1-2H3,(H,24,27)/t17-/m1/s1. The molecule has 1 saturated heterocycles. The van der Waals surface area contributed by atoms with Gasteiger partial charge in [0.25, 0.3) is 5.91 Å². The number of methoxy groups -OCH3 is 2. The van der Waals surface area contributed by atoms with E-state index in [0.717, 1.165) is 12.8 Å². The van der Waals surface area contributed by atoms with Gasteiger partial charge >= 0.3 is 0 Å². The normalized spacial score (nSPS) is 15.7. The number of aliphatic hydroxyl groups excluding tert-OH is 1. The SMILES string of the molecule is COc1cc(C(=O)N2CCC[C@@H]2CO)cc(NC(=O)Cc2cccc(F)c2)c1OC. The van der Waals surface area contributed by atoms with Gasteiger partial charge in [-0.2, -0.15) is 0 Å². The molecule has 1 atom stereocenters. The molecule has 0 aliphatic carbocycles. The molecule has 0 saturated carbocycles. The number of rotatable bonds is 7. The van der Waals surface area contributed by atoms with Gasteiger partial charge in [0.2, 0.25) is 5.91 Å². The summed E-state index contributed by atoms with van der Waals surface area (Å²) in [6.07, 6.45) is 1.52. The fourth-order valence-corrected chi connectivity index (χ4v) is 3.67. The van der Waals surface area contributed by atoms with E-state index in [9.17, 15) is 19.1 Å². The number of aliphatic hydroxyl groups is 1. The maximum atomic E-state index is 13.4. The van der Waals surface area contributed by atoms with Gasteiger partial charge in [-0.05, 0) is 42.7 Å². The molecule has 7 nitrogen and oxygen atoms in total. The minimum absolute atomic E-state index is 0.0416. The summed E-state index contributed by atoms with van der Waals surface area (Å²) in [4.78, 5) is 27.2. The average molecular weight is 416 g/mol. The summed E-state index contributed by atoms with van der Waals surface area (Å²) in [5.74, 6) is -0.491. The number of hydrogen-bond acceptors (Lipinski definition) is 5. The van der Waals surface area contributed by atoms with Crippen molar-refractivity contribution in [3.8, 4) is 11.5 Å². The van der Waals surface area contributed by atoms with Crippen LogP contribution in [0.25, 0.3) is 0 Å². The lowest BCUT2D eigenvalue weighted by atomic mass is 10.1. The number of carbonyl (C=O) groups excluding carboxylic acids is 2. The van der Waals surface area contributed by atoms with Crippen molar-refractivity contribution < 1.29 is 28.6 Å². The largest absolute Gasteiger partial charge is 0.493 e. The first-order chi connectivity index (χ1) is 14.5. The van der Waals surface area contributed by atoms with Gasteiger partial charge in [-0.15, -0.1) is 0 Å². The second-order valence-corrected chi connectivity index (χ2v) is 7.09. The van der Waals surface area contributed by atoms with Crippen LogP contribution in [0, 0.1) is 5.82 Å². The van der Waals surface area contributed by atoms with Crippen LogP contribution in [0.1, 0.15) is 28.8 Å². The van der Waals surface area contributed by atoms with Crippen LogP contribution < -0.4 is 14.8 Å². The zero-order valence-electron chi connectivity index (χ0n) is 17.0. The number of likely N-dealkylation sites (tertiary alicyclic amines) is 1. The van der Waals surface area contributed by atoms with Crippen molar-refractivity contribution >= 4 is 17.5 Å². The molecule has 30 heavy (non-hydrogen) atoms. The van der Waals surface area contributed by atoms with Crippen LogP contribution >= 0.6 is 0 Å². The maximum Gasteiger partial charge on any atom is 0.254 e. The summed E-state index contributed by atoms with van der Waals surface area (Å²) in [5, 5.41) is 12.3. The minimum atomic E-state index is -0.420. The monoisotopic (exact) mass is 416 g/mol. The van der Waals surface area contributed by atoms with Gasteiger partial charge in [-0.1, -0.05) is 12.1 Å². The number of ether oxygens (including phenoxy) is 2. The van der Waals surface area contributed by atoms with E-state index in [4.69, 9.17) is 9.47 Å². The molecular weight excluding hydrogens is 391 g/mol. The van der Waals surface area contributed by atoms with Gasteiger partial charge in [-0.3, -0.25) is 9.59 Å². The van der Waals surface area contributed by atoms with E-state index in [1.165, 1.54) is 38.5 Å². The molecule has 3 rings (SSSR count). The second kappa shape index (κ2) is 9.58. The van der Waals surface area contributed by atoms with Gasteiger partial charge < -0.3 is 24.8 Å². The molecule has 0 unspecified atom stereocenters. The highest BCUT2D eigenvalue weighted by atomic mass is 19.1. The Morgan fingerprint density at radius 2 is 2.03 bits per heavy atom. The van der Waals surface area contributed by atoms with Crippen LogP contribution in [0.2, 0.25) is 0 Å². The Morgan fingerprint density at radius 3 is 2.70 bits per heavy atom. The summed E-state index contributed by atoms with van der Waals surface area (Å²) >= 11 is 0. The molecule has 0 spiro atoms. The van der Waals surface area contributed by atoms with Crippen molar-refractivity contribution in [2.75, 3.05) is 32.7 Å². The van der Waals surface area contributed by atoms with E-state index in [2.05, 4.69) is 5.32 Å². The topological polar surface area (TPSA) is 88.1 Å². The highest BCUT2D eigenvalue weighted by Gasteiger charge is 2.30. The number of halogens is 1. The van der Waals surface area contributed by atoms with Crippen LogP contribution in [-0.2, 0) is 11.2 Å². The molecule has 0 bridgehead atoms. The number of carbonyl (C=O) groups is 2. The van der Waals surface area contributed by atoms with Gasteiger partial charge in [-0.25, -0.2) is 4.39 Å². The molecule has 2 aromatic rings. The Balaban J connectivity index is 1.87. The summed E-state index contributed by atoms with van der Waals surface area (Å²) in [7, 11) is 2.88. The van der Waals surface area contributed by atoms with E-state index in [-0.39, 0.29) is 42.3 Å². The molecule has 8 heteroatoms. The summed E-state index contributed by atoms with van der Waals surface area (Å²) in [6, 6.07) is 8.65. The maximum absolute atomic E-state index is 13.4. The Hall–Kier alpha value is -3.13. The van der Waals surface area contributed by atoms with Crippen molar-refractivity contribution in [2.24, 2.45) is 0 Å². The third kappa shape index (κ3) is 4.71. The van der Waals surface area contributed by atoms with Crippen LogP contribution in [0.5, 0.6) is 11.5 Å². The summed E-state index contributed by atoms with van der Waals surface area (Å²) in [5.41, 5.74) is 1.11. The zero-order valence-corrected chi connectivity index (χ0v) is 17.0. The molecule has 1 aliphatic rings. The third-order valence-electron chi connectivity index (χ3n) is 5.10. The van der Waals surface area contributed by atoms with Crippen LogP contribution in [0.15, 0.2) is 36.4 Å². The van der Waals surface area contributed by atoms with Gasteiger partial charge in [0.05, 0.1) is 39.0 Å². The molecule has 0 aromatic heterocycles. The highest BCUT2D eigenvalue weighted by Crippen LogP contribution is 2.37. The molecular formula is C22H25FN2O5. The lowest BCUT2D eigenvalue weighted by molar-refractivity contribution is -0.115. The Kier molecular flexibility index (Phi) is 6.89. The summed E-state index contributed by atoms with van der Waals surface area (Å²) < 4.78 is 24.1.